The Balaban J connectivity index is 1.61. The zero-order valence-corrected chi connectivity index (χ0v) is 19.7. The predicted octanol–water partition coefficient (Wildman–Crippen LogP) is 3.55. The summed E-state index contributed by atoms with van der Waals surface area (Å²) in [6.07, 6.45) is 9.13. The summed E-state index contributed by atoms with van der Waals surface area (Å²) in [6.45, 7) is 4.76. The fourth-order valence-electron chi connectivity index (χ4n) is 4.16. The summed E-state index contributed by atoms with van der Waals surface area (Å²) < 4.78 is 22.3. The number of fused-ring (bicyclic) bond motifs is 1. The number of imidazole rings is 1. The fraction of sp³-hybridized carbons (Fsp3) is 0.292. The molecule has 11 heteroatoms. The van der Waals surface area contributed by atoms with Gasteiger partial charge in [0, 0.05) is 31.6 Å². The number of hydrogen-bond acceptors (Lipinski definition) is 7. The minimum Gasteiger partial charge on any atom is -0.360 e. The third-order valence-electron chi connectivity index (χ3n) is 5.92. The highest BCUT2D eigenvalue weighted by Gasteiger charge is 2.38. The first-order valence-electron chi connectivity index (χ1n) is 11.4. The van der Waals surface area contributed by atoms with E-state index in [2.05, 4.69) is 15.1 Å². The Labute approximate surface area is 201 Å². The highest BCUT2D eigenvalue weighted by atomic mass is 19.1. The van der Waals surface area contributed by atoms with E-state index in [0.717, 1.165) is 11.3 Å². The van der Waals surface area contributed by atoms with Gasteiger partial charge in [-0.3, -0.25) is 9.36 Å². The molecule has 4 heterocycles. The SMILES string of the molecule is CCOCn1cc(N2c3nc(-n4ccnc4-c4ccc(F)cc4)ncc3N(C)C(=O)C2CC)cn1. The van der Waals surface area contributed by atoms with E-state index in [9.17, 15) is 9.18 Å². The second-order valence-electron chi connectivity index (χ2n) is 8.06. The number of hydrogen-bond donors (Lipinski definition) is 0. The van der Waals surface area contributed by atoms with Crippen LogP contribution in [0.1, 0.15) is 20.3 Å². The smallest absolute Gasteiger partial charge is 0.250 e. The molecule has 0 fully saturated rings. The molecule has 1 amide bonds. The fourth-order valence-corrected chi connectivity index (χ4v) is 4.16. The van der Waals surface area contributed by atoms with E-state index in [-0.39, 0.29) is 11.7 Å². The number of rotatable bonds is 7. The second-order valence-corrected chi connectivity index (χ2v) is 8.06. The number of likely N-dealkylation sites (N-methyl/N-ethyl adjacent to an activating group) is 1. The summed E-state index contributed by atoms with van der Waals surface area (Å²) >= 11 is 0. The molecule has 0 spiro atoms. The van der Waals surface area contributed by atoms with E-state index in [1.807, 2.05) is 24.9 Å². The Morgan fingerprint density at radius 1 is 1.11 bits per heavy atom. The highest BCUT2D eigenvalue weighted by Crippen LogP contribution is 2.39. The molecular weight excluding hydrogens is 451 g/mol. The number of nitrogens with zero attached hydrogens (tertiary/aromatic N) is 8. The highest BCUT2D eigenvalue weighted by molar-refractivity contribution is 6.06. The van der Waals surface area contributed by atoms with E-state index in [0.29, 0.717) is 43.0 Å². The molecule has 0 radical (unpaired) electrons. The standard InChI is InChI=1S/C24H25FN8O2/c1-4-19-23(34)30(3)20-13-27-24(32-11-10-26-21(32)16-6-8-17(25)9-7-16)29-22(20)33(19)18-12-28-31(14-18)15-35-5-2/h6-14,19H,4-5,15H2,1-3H3. The lowest BCUT2D eigenvalue weighted by Gasteiger charge is -2.39. The van der Waals surface area contributed by atoms with Crippen molar-refractivity contribution in [1.82, 2.24) is 29.3 Å². The van der Waals surface area contributed by atoms with Gasteiger partial charge >= 0.3 is 0 Å². The largest absolute Gasteiger partial charge is 0.360 e. The number of anilines is 3. The van der Waals surface area contributed by atoms with E-state index in [1.54, 1.807) is 58.1 Å². The lowest BCUT2D eigenvalue weighted by molar-refractivity contribution is -0.119. The first-order chi connectivity index (χ1) is 17.0. The van der Waals surface area contributed by atoms with Crippen LogP contribution in [0.5, 0.6) is 0 Å². The number of ether oxygens (including phenoxy) is 1. The molecule has 3 aromatic heterocycles. The lowest BCUT2D eigenvalue weighted by atomic mass is 10.1. The van der Waals surface area contributed by atoms with E-state index < -0.39 is 6.04 Å². The zero-order valence-electron chi connectivity index (χ0n) is 19.7. The maximum atomic E-state index is 13.4. The summed E-state index contributed by atoms with van der Waals surface area (Å²) in [7, 11) is 1.73. The van der Waals surface area contributed by atoms with Crippen molar-refractivity contribution in [3.05, 3.63) is 61.1 Å². The lowest BCUT2D eigenvalue weighted by Crippen LogP contribution is -2.50. The summed E-state index contributed by atoms with van der Waals surface area (Å²) in [5.74, 6) is 1.16. The molecule has 5 rings (SSSR count). The molecule has 0 bridgehead atoms. The molecule has 0 saturated carbocycles. The summed E-state index contributed by atoms with van der Waals surface area (Å²) in [6, 6.07) is 5.63. The normalized spacial score (nSPS) is 15.5. The van der Waals surface area contributed by atoms with Crippen molar-refractivity contribution in [2.45, 2.75) is 33.0 Å². The molecule has 1 unspecified atom stereocenters. The number of carbonyl (C=O) groups excluding carboxylic acids is 1. The Morgan fingerprint density at radius 3 is 2.66 bits per heavy atom. The van der Waals surface area contributed by atoms with Crippen LogP contribution in [0.2, 0.25) is 0 Å². The van der Waals surface area contributed by atoms with Crippen LogP contribution in [0.3, 0.4) is 0 Å². The van der Waals surface area contributed by atoms with Crippen molar-refractivity contribution in [3.63, 3.8) is 0 Å². The van der Waals surface area contributed by atoms with E-state index >= 15 is 0 Å². The molecule has 4 aromatic rings. The second kappa shape index (κ2) is 9.26. The minimum atomic E-state index is -0.459. The molecule has 180 valence electrons. The number of carbonyl (C=O) groups is 1. The van der Waals surface area contributed by atoms with Crippen molar-refractivity contribution in [2.24, 2.45) is 0 Å². The van der Waals surface area contributed by atoms with Gasteiger partial charge in [-0.15, -0.1) is 0 Å². The van der Waals surface area contributed by atoms with Gasteiger partial charge in [0.15, 0.2) is 5.82 Å². The Kier molecular flexibility index (Phi) is 6.00. The third kappa shape index (κ3) is 4.03. The molecule has 1 aromatic carbocycles. The number of aromatic nitrogens is 6. The molecule has 1 aliphatic heterocycles. The first kappa shape index (κ1) is 22.7. The Hall–Kier alpha value is -4.12. The Morgan fingerprint density at radius 2 is 1.91 bits per heavy atom. The topological polar surface area (TPSA) is 94.2 Å². The summed E-state index contributed by atoms with van der Waals surface area (Å²) in [5, 5.41) is 4.38. The van der Waals surface area contributed by atoms with Crippen molar-refractivity contribution in [2.75, 3.05) is 23.5 Å². The van der Waals surface area contributed by atoms with Gasteiger partial charge in [0.1, 0.15) is 30.1 Å². The van der Waals surface area contributed by atoms with Crippen LogP contribution in [-0.4, -0.2) is 54.9 Å². The van der Waals surface area contributed by atoms with Gasteiger partial charge in [-0.1, -0.05) is 6.92 Å². The third-order valence-corrected chi connectivity index (χ3v) is 5.92. The summed E-state index contributed by atoms with van der Waals surface area (Å²) in [4.78, 5) is 30.5. The molecule has 0 N–H and O–H groups in total. The maximum Gasteiger partial charge on any atom is 0.250 e. The molecule has 35 heavy (non-hydrogen) atoms. The Bertz CT molecular complexity index is 1350. The predicted molar refractivity (Wildman–Crippen MR) is 128 cm³/mol. The average Bonchev–Trinajstić information content (AvgIpc) is 3.55. The average molecular weight is 477 g/mol. The van der Waals surface area contributed by atoms with Crippen molar-refractivity contribution < 1.29 is 13.9 Å². The van der Waals surface area contributed by atoms with Crippen molar-refractivity contribution in [3.8, 4) is 17.3 Å². The van der Waals surface area contributed by atoms with Crippen LogP contribution < -0.4 is 9.80 Å². The van der Waals surface area contributed by atoms with Crippen LogP contribution in [-0.2, 0) is 16.3 Å². The monoisotopic (exact) mass is 476 g/mol. The van der Waals surface area contributed by atoms with Gasteiger partial charge < -0.3 is 14.5 Å². The zero-order chi connectivity index (χ0) is 24.5. The molecular formula is C24H25FN8O2. The van der Waals surface area contributed by atoms with Gasteiger partial charge in [-0.05, 0) is 37.6 Å². The molecule has 1 atom stereocenters. The number of halogens is 1. The van der Waals surface area contributed by atoms with E-state index in [1.165, 1.54) is 12.1 Å². The van der Waals surface area contributed by atoms with Crippen LogP contribution in [0, 0.1) is 5.82 Å². The molecule has 1 aliphatic rings. The first-order valence-corrected chi connectivity index (χ1v) is 11.4. The van der Waals surface area contributed by atoms with Gasteiger partial charge in [0.05, 0.1) is 24.3 Å². The van der Waals surface area contributed by atoms with Crippen LogP contribution in [0.25, 0.3) is 17.3 Å². The minimum absolute atomic E-state index is 0.0523. The van der Waals surface area contributed by atoms with Gasteiger partial charge in [-0.2, -0.15) is 10.1 Å². The molecule has 10 nitrogen and oxygen atoms in total. The quantitative estimate of drug-likeness (QED) is 0.403. The number of amides is 1. The molecule has 0 saturated heterocycles. The van der Waals surface area contributed by atoms with Crippen LogP contribution in [0.4, 0.5) is 21.6 Å². The van der Waals surface area contributed by atoms with Crippen LogP contribution in [0.15, 0.2) is 55.2 Å². The van der Waals surface area contributed by atoms with E-state index in [4.69, 9.17) is 9.72 Å². The van der Waals surface area contributed by atoms with Gasteiger partial charge in [0.2, 0.25) is 11.9 Å². The number of benzene rings is 1. The maximum absolute atomic E-state index is 13.4. The van der Waals surface area contributed by atoms with Gasteiger partial charge in [0.25, 0.3) is 0 Å². The van der Waals surface area contributed by atoms with Crippen molar-refractivity contribution >= 4 is 23.1 Å². The molecule has 0 aliphatic carbocycles. The summed E-state index contributed by atoms with van der Waals surface area (Å²) in [5.41, 5.74) is 2.04. The van der Waals surface area contributed by atoms with Crippen molar-refractivity contribution in [1.29, 1.82) is 0 Å². The van der Waals surface area contributed by atoms with Crippen LogP contribution >= 0.6 is 0 Å². The van der Waals surface area contributed by atoms with Gasteiger partial charge in [-0.25, -0.2) is 19.0 Å².